The molecule has 0 unspecified atom stereocenters. The van der Waals surface area contributed by atoms with E-state index in [-0.39, 0.29) is 24.6 Å². The summed E-state index contributed by atoms with van der Waals surface area (Å²) < 4.78 is 15.1. The van der Waals surface area contributed by atoms with Gasteiger partial charge in [0.1, 0.15) is 12.4 Å². The molecule has 1 aliphatic rings. The molecule has 0 aromatic heterocycles. The molecule has 0 saturated carbocycles. The number of rotatable bonds is 4. The van der Waals surface area contributed by atoms with Crippen LogP contribution in [0.4, 0.5) is 11.4 Å². The fourth-order valence-electron chi connectivity index (χ4n) is 2.50. The molecule has 7 nitrogen and oxygen atoms in total. The summed E-state index contributed by atoms with van der Waals surface area (Å²) >= 11 is 0. The Morgan fingerprint density at radius 3 is 2.42 bits per heavy atom. The first kappa shape index (κ1) is 17.8. The lowest BCUT2D eigenvalue weighted by Gasteiger charge is -2.32. The van der Waals surface area contributed by atoms with Crippen LogP contribution < -0.4 is 9.80 Å². The van der Waals surface area contributed by atoms with E-state index >= 15 is 0 Å². The molecule has 0 aliphatic carbocycles. The number of ether oxygens (including phenoxy) is 3. The fraction of sp³-hybridized carbons (Fsp3) is 0.412. The molecule has 1 aromatic rings. The monoisotopic (exact) mass is 334 g/mol. The van der Waals surface area contributed by atoms with E-state index in [2.05, 4.69) is 0 Å². The quantitative estimate of drug-likeness (QED) is 0.772. The first-order chi connectivity index (χ1) is 11.4. The van der Waals surface area contributed by atoms with Crippen molar-refractivity contribution in [3.8, 4) is 0 Å². The van der Waals surface area contributed by atoms with Crippen molar-refractivity contribution in [1.29, 1.82) is 0 Å². The van der Waals surface area contributed by atoms with Gasteiger partial charge in [-0.3, -0.25) is 0 Å². The van der Waals surface area contributed by atoms with Crippen LogP contribution in [0.5, 0.6) is 0 Å². The van der Waals surface area contributed by atoms with Crippen LogP contribution in [0.25, 0.3) is 0 Å². The van der Waals surface area contributed by atoms with Crippen LogP contribution in [0.2, 0.25) is 0 Å². The normalized spacial score (nSPS) is 14.5. The highest BCUT2D eigenvalue weighted by Gasteiger charge is 2.33. The molecular formula is C17H22N2O5. The average Bonchev–Trinajstić information content (AvgIpc) is 2.59. The summed E-state index contributed by atoms with van der Waals surface area (Å²) in [4.78, 5) is 27.9. The van der Waals surface area contributed by atoms with Gasteiger partial charge in [-0.05, 0) is 24.6 Å². The minimum atomic E-state index is -0.610. The minimum absolute atomic E-state index is 0.0000254. The number of anilines is 2. The van der Waals surface area contributed by atoms with Gasteiger partial charge in [-0.15, -0.1) is 0 Å². The highest BCUT2D eigenvalue weighted by Crippen LogP contribution is 2.32. The van der Waals surface area contributed by atoms with E-state index in [0.717, 1.165) is 16.9 Å². The number of esters is 2. The van der Waals surface area contributed by atoms with Crippen molar-refractivity contribution < 1.29 is 23.8 Å². The minimum Gasteiger partial charge on any atom is -0.466 e. The van der Waals surface area contributed by atoms with Crippen molar-refractivity contribution in [1.82, 2.24) is 0 Å². The van der Waals surface area contributed by atoms with Crippen LogP contribution in [-0.2, 0) is 23.8 Å². The number of nitrogens with zero attached hydrogens (tertiary/aromatic N) is 2. The fourth-order valence-corrected chi connectivity index (χ4v) is 2.50. The van der Waals surface area contributed by atoms with Crippen molar-refractivity contribution in [3.63, 3.8) is 0 Å². The Balaban J connectivity index is 2.61. The van der Waals surface area contributed by atoms with Crippen LogP contribution in [0.15, 0.2) is 29.5 Å². The molecule has 0 amide bonds. The standard InChI is InChI=1S/C17H22N2O5/c1-11-6-7-12(18(2)3)8-14(11)19-10-24-9-13(16(20)22-4)15(19)17(21)23-5/h6-8H,9-10H2,1-5H3. The Labute approximate surface area is 141 Å². The van der Waals surface area contributed by atoms with E-state index in [1.807, 2.05) is 44.1 Å². The van der Waals surface area contributed by atoms with Crippen molar-refractivity contribution in [2.75, 3.05) is 51.5 Å². The Bertz CT molecular complexity index is 682. The summed E-state index contributed by atoms with van der Waals surface area (Å²) in [5.74, 6) is -1.21. The molecule has 0 spiro atoms. The van der Waals surface area contributed by atoms with Crippen LogP contribution in [0.3, 0.4) is 0 Å². The maximum atomic E-state index is 12.3. The Morgan fingerprint density at radius 1 is 1.17 bits per heavy atom. The molecule has 0 atom stereocenters. The summed E-state index contributed by atoms with van der Waals surface area (Å²) in [6, 6.07) is 5.86. The Morgan fingerprint density at radius 2 is 1.83 bits per heavy atom. The number of benzene rings is 1. The maximum absolute atomic E-state index is 12.3. The summed E-state index contributed by atoms with van der Waals surface area (Å²) in [5.41, 5.74) is 2.96. The van der Waals surface area contributed by atoms with Gasteiger partial charge in [-0.1, -0.05) is 6.07 Å². The van der Waals surface area contributed by atoms with E-state index in [1.165, 1.54) is 14.2 Å². The van der Waals surface area contributed by atoms with Crippen molar-refractivity contribution in [2.45, 2.75) is 6.92 Å². The predicted octanol–water partition coefficient (Wildman–Crippen LogP) is 1.46. The SMILES string of the molecule is COC(=O)C1=C(C(=O)OC)N(c2cc(N(C)C)ccc2C)COC1. The molecule has 0 bridgehead atoms. The molecule has 24 heavy (non-hydrogen) atoms. The van der Waals surface area contributed by atoms with Crippen LogP contribution in [0, 0.1) is 6.92 Å². The summed E-state index contributed by atoms with van der Waals surface area (Å²) in [6.07, 6.45) is 0. The molecule has 7 heteroatoms. The molecular weight excluding hydrogens is 312 g/mol. The van der Waals surface area contributed by atoms with Crippen molar-refractivity contribution in [2.24, 2.45) is 0 Å². The van der Waals surface area contributed by atoms with E-state index in [9.17, 15) is 9.59 Å². The second-order valence-corrected chi connectivity index (χ2v) is 5.58. The molecule has 1 heterocycles. The zero-order valence-corrected chi connectivity index (χ0v) is 14.6. The van der Waals surface area contributed by atoms with Crippen molar-refractivity contribution >= 4 is 23.3 Å². The summed E-state index contributed by atoms with van der Waals surface area (Å²) in [6.45, 7) is 2.07. The summed E-state index contributed by atoms with van der Waals surface area (Å²) in [7, 11) is 6.40. The third-order valence-electron chi connectivity index (χ3n) is 3.83. The lowest BCUT2D eigenvalue weighted by molar-refractivity contribution is -0.140. The zero-order valence-electron chi connectivity index (χ0n) is 14.6. The summed E-state index contributed by atoms with van der Waals surface area (Å²) in [5, 5.41) is 0. The Kier molecular flexibility index (Phi) is 5.46. The smallest absolute Gasteiger partial charge is 0.355 e. The van der Waals surface area contributed by atoms with Gasteiger partial charge in [0, 0.05) is 25.5 Å². The molecule has 1 aromatic carbocycles. The first-order valence-electron chi connectivity index (χ1n) is 7.43. The number of carbonyl (C=O) groups is 2. The molecule has 0 radical (unpaired) electrons. The predicted molar refractivity (Wildman–Crippen MR) is 89.9 cm³/mol. The lowest BCUT2D eigenvalue weighted by Crippen LogP contribution is -2.39. The van der Waals surface area contributed by atoms with Gasteiger partial charge in [0.15, 0.2) is 0 Å². The van der Waals surface area contributed by atoms with Crippen LogP contribution in [0.1, 0.15) is 5.56 Å². The van der Waals surface area contributed by atoms with Crippen molar-refractivity contribution in [3.05, 3.63) is 35.0 Å². The third-order valence-corrected chi connectivity index (χ3v) is 3.83. The van der Waals surface area contributed by atoms with Gasteiger partial charge >= 0.3 is 11.9 Å². The topological polar surface area (TPSA) is 68.3 Å². The molecule has 1 aliphatic heterocycles. The zero-order chi connectivity index (χ0) is 17.9. The van der Waals surface area contributed by atoms with Gasteiger partial charge in [0.05, 0.1) is 26.4 Å². The molecule has 0 N–H and O–H groups in total. The van der Waals surface area contributed by atoms with Crippen LogP contribution in [-0.4, -0.2) is 53.6 Å². The first-order valence-corrected chi connectivity index (χ1v) is 7.43. The highest BCUT2D eigenvalue weighted by molar-refractivity contribution is 6.03. The van der Waals surface area contributed by atoms with Gasteiger partial charge in [0.2, 0.25) is 0 Å². The second-order valence-electron chi connectivity index (χ2n) is 5.58. The number of hydrogen-bond acceptors (Lipinski definition) is 7. The molecule has 0 fully saturated rings. The van der Waals surface area contributed by atoms with Gasteiger partial charge in [0.25, 0.3) is 0 Å². The maximum Gasteiger partial charge on any atom is 0.355 e. The van der Waals surface area contributed by atoms with E-state index < -0.39 is 11.9 Å². The number of carbonyl (C=O) groups excluding carboxylic acids is 2. The number of hydrogen-bond donors (Lipinski definition) is 0. The highest BCUT2D eigenvalue weighted by atomic mass is 16.5. The van der Waals surface area contributed by atoms with E-state index in [0.29, 0.717) is 0 Å². The van der Waals surface area contributed by atoms with Crippen LogP contribution >= 0.6 is 0 Å². The average molecular weight is 334 g/mol. The molecule has 0 saturated heterocycles. The third kappa shape index (κ3) is 3.35. The Hall–Kier alpha value is -2.54. The van der Waals surface area contributed by atoms with E-state index in [1.54, 1.807) is 4.90 Å². The number of methoxy groups -OCH3 is 2. The lowest BCUT2D eigenvalue weighted by atomic mass is 10.1. The molecule has 2 rings (SSSR count). The van der Waals surface area contributed by atoms with Gasteiger partial charge in [-0.2, -0.15) is 0 Å². The molecule has 130 valence electrons. The second kappa shape index (κ2) is 7.35. The van der Waals surface area contributed by atoms with Gasteiger partial charge < -0.3 is 24.0 Å². The number of aryl methyl sites for hydroxylation is 1. The largest absolute Gasteiger partial charge is 0.466 e. The van der Waals surface area contributed by atoms with E-state index in [4.69, 9.17) is 14.2 Å². The van der Waals surface area contributed by atoms with Gasteiger partial charge in [-0.25, -0.2) is 9.59 Å².